The van der Waals surface area contributed by atoms with E-state index in [0.717, 1.165) is 19.4 Å². The molecule has 5 nitrogen and oxygen atoms in total. The number of ether oxygens (including phenoxy) is 2. The highest BCUT2D eigenvalue weighted by atomic mass is 35.5. The molecule has 0 aromatic carbocycles. The Kier molecular flexibility index (Phi) is 6.69. The van der Waals surface area contributed by atoms with Gasteiger partial charge in [-0.2, -0.15) is 0 Å². The zero-order chi connectivity index (χ0) is 15.7. The Balaban J connectivity index is 0.00000242. The maximum absolute atomic E-state index is 12.9. The van der Waals surface area contributed by atoms with Crippen molar-refractivity contribution in [1.82, 2.24) is 4.90 Å². The first-order chi connectivity index (χ1) is 9.86. The van der Waals surface area contributed by atoms with Crippen molar-refractivity contribution in [2.75, 3.05) is 26.3 Å². The average molecular weight is 335 g/mol. The Hall–Kier alpha value is -0.360. The summed E-state index contributed by atoms with van der Waals surface area (Å²) in [6.45, 7) is 10.8. The van der Waals surface area contributed by atoms with Crippen LogP contribution in [0, 0.1) is 5.41 Å². The van der Waals surface area contributed by atoms with Crippen molar-refractivity contribution in [2.45, 2.75) is 64.7 Å². The van der Waals surface area contributed by atoms with Gasteiger partial charge in [-0.15, -0.1) is 12.4 Å². The Bertz CT molecular complexity index is 386. The molecule has 1 heterocycles. The van der Waals surface area contributed by atoms with Crippen molar-refractivity contribution in [3.63, 3.8) is 0 Å². The number of halogens is 1. The van der Waals surface area contributed by atoms with Crippen LogP contribution in [0.15, 0.2) is 0 Å². The maximum Gasteiger partial charge on any atom is 0.243 e. The third-order valence-corrected chi connectivity index (χ3v) is 5.33. The second-order valence-corrected chi connectivity index (χ2v) is 6.82. The lowest BCUT2D eigenvalue weighted by atomic mass is 9.54. The molecule has 0 radical (unpaired) electrons. The first kappa shape index (κ1) is 19.7. The van der Waals surface area contributed by atoms with E-state index in [1.165, 1.54) is 0 Å². The summed E-state index contributed by atoms with van der Waals surface area (Å²) in [6, 6.07) is 0. The fourth-order valence-corrected chi connectivity index (χ4v) is 3.47. The normalized spacial score (nSPS) is 33.0. The fourth-order valence-electron chi connectivity index (χ4n) is 3.47. The van der Waals surface area contributed by atoms with E-state index in [2.05, 4.69) is 0 Å². The summed E-state index contributed by atoms with van der Waals surface area (Å²) in [6.07, 6.45) is 2.96. The molecule has 0 spiro atoms. The number of hydrogen-bond acceptors (Lipinski definition) is 4. The van der Waals surface area contributed by atoms with Crippen LogP contribution in [-0.4, -0.2) is 54.9 Å². The van der Waals surface area contributed by atoms with Gasteiger partial charge in [0.1, 0.15) is 5.54 Å². The van der Waals surface area contributed by atoms with Crippen molar-refractivity contribution in [3.8, 4) is 0 Å². The first-order valence-corrected chi connectivity index (χ1v) is 8.18. The molecular formula is C16H31ClN2O3. The number of nitrogens with zero attached hydrogens (tertiary/aromatic N) is 1. The third kappa shape index (κ3) is 3.28. The monoisotopic (exact) mass is 334 g/mol. The minimum absolute atomic E-state index is 0. The molecule has 130 valence electrons. The number of amides is 1. The molecule has 2 aliphatic rings. The van der Waals surface area contributed by atoms with Gasteiger partial charge in [-0.1, -0.05) is 13.8 Å². The van der Waals surface area contributed by atoms with Gasteiger partial charge in [-0.3, -0.25) is 4.79 Å². The number of nitrogens with two attached hydrogens (primary N) is 1. The van der Waals surface area contributed by atoms with Crippen LogP contribution >= 0.6 is 12.4 Å². The van der Waals surface area contributed by atoms with Crippen LogP contribution in [-0.2, 0) is 14.3 Å². The Morgan fingerprint density at radius 1 is 1.41 bits per heavy atom. The number of hydrogen-bond donors (Lipinski definition) is 1. The summed E-state index contributed by atoms with van der Waals surface area (Å²) >= 11 is 0. The summed E-state index contributed by atoms with van der Waals surface area (Å²) in [5.74, 6) is 0.0430. The molecule has 2 N–H and O–H groups in total. The van der Waals surface area contributed by atoms with Crippen molar-refractivity contribution in [2.24, 2.45) is 11.1 Å². The molecule has 1 amide bonds. The molecule has 2 rings (SSSR count). The first-order valence-electron chi connectivity index (χ1n) is 8.18. The van der Waals surface area contributed by atoms with Gasteiger partial charge in [0.15, 0.2) is 0 Å². The predicted molar refractivity (Wildman–Crippen MR) is 89.2 cm³/mol. The highest BCUT2D eigenvalue weighted by molar-refractivity contribution is 5.89. The van der Waals surface area contributed by atoms with E-state index < -0.39 is 5.54 Å². The van der Waals surface area contributed by atoms with Gasteiger partial charge >= 0.3 is 0 Å². The van der Waals surface area contributed by atoms with Gasteiger partial charge in [-0.05, 0) is 26.7 Å². The molecule has 22 heavy (non-hydrogen) atoms. The maximum atomic E-state index is 12.9. The van der Waals surface area contributed by atoms with E-state index in [9.17, 15) is 4.79 Å². The fraction of sp³-hybridized carbons (Fsp3) is 0.938. The van der Waals surface area contributed by atoms with Crippen LogP contribution in [0.5, 0.6) is 0 Å². The Morgan fingerprint density at radius 2 is 2.09 bits per heavy atom. The molecule has 3 atom stereocenters. The molecule has 0 aromatic rings. The van der Waals surface area contributed by atoms with Crippen LogP contribution in [0.25, 0.3) is 0 Å². The topological polar surface area (TPSA) is 64.8 Å². The SMILES string of the molecule is CCOC1CC(N)(C(=O)N(CC)CC2CCCO2)C1(C)C.Cl. The average Bonchev–Trinajstić information content (AvgIpc) is 2.96. The molecule has 1 aliphatic heterocycles. The van der Waals surface area contributed by atoms with Gasteiger partial charge in [0.25, 0.3) is 0 Å². The summed E-state index contributed by atoms with van der Waals surface area (Å²) in [7, 11) is 0. The number of likely N-dealkylation sites (N-methyl/N-ethyl adjacent to an activating group) is 1. The van der Waals surface area contributed by atoms with Gasteiger partial charge in [-0.25, -0.2) is 0 Å². The molecule has 0 bridgehead atoms. The lowest BCUT2D eigenvalue weighted by Gasteiger charge is -2.58. The molecule has 1 aliphatic carbocycles. The molecule has 6 heteroatoms. The van der Waals surface area contributed by atoms with E-state index in [4.69, 9.17) is 15.2 Å². The lowest BCUT2D eigenvalue weighted by Crippen LogP contribution is -2.76. The highest BCUT2D eigenvalue weighted by Crippen LogP contribution is 2.50. The third-order valence-electron chi connectivity index (χ3n) is 5.33. The van der Waals surface area contributed by atoms with Gasteiger partial charge in [0, 0.05) is 38.1 Å². The minimum Gasteiger partial charge on any atom is -0.378 e. The van der Waals surface area contributed by atoms with Crippen molar-refractivity contribution in [3.05, 3.63) is 0 Å². The smallest absolute Gasteiger partial charge is 0.243 e. The number of rotatable bonds is 6. The lowest BCUT2D eigenvalue weighted by molar-refractivity contribution is -0.180. The summed E-state index contributed by atoms with van der Waals surface area (Å²) in [5, 5.41) is 0. The van der Waals surface area contributed by atoms with Crippen LogP contribution in [0.2, 0.25) is 0 Å². The summed E-state index contributed by atoms with van der Waals surface area (Å²) in [5.41, 5.74) is 5.34. The van der Waals surface area contributed by atoms with Crippen molar-refractivity contribution in [1.29, 1.82) is 0 Å². The van der Waals surface area contributed by atoms with E-state index >= 15 is 0 Å². The minimum atomic E-state index is -0.818. The molecule has 3 unspecified atom stereocenters. The van der Waals surface area contributed by atoms with E-state index in [-0.39, 0.29) is 35.9 Å². The quantitative estimate of drug-likeness (QED) is 0.806. The molecule has 1 saturated carbocycles. The second-order valence-electron chi connectivity index (χ2n) is 6.82. The molecule has 0 aromatic heterocycles. The van der Waals surface area contributed by atoms with E-state index in [0.29, 0.717) is 26.1 Å². The van der Waals surface area contributed by atoms with E-state index in [1.54, 1.807) is 0 Å². The number of carbonyl (C=O) groups excluding carboxylic acids is 1. The second kappa shape index (κ2) is 7.47. The largest absolute Gasteiger partial charge is 0.378 e. The molecule has 2 fully saturated rings. The highest BCUT2D eigenvalue weighted by Gasteiger charge is 2.63. The molecular weight excluding hydrogens is 304 g/mol. The van der Waals surface area contributed by atoms with E-state index in [1.807, 2.05) is 32.6 Å². The van der Waals surface area contributed by atoms with Crippen LogP contribution in [0.3, 0.4) is 0 Å². The summed E-state index contributed by atoms with van der Waals surface area (Å²) < 4.78 is 11.4. The van der Waals surface area contributed by atoms with Gasteiger partial charge in [0.2, 0.25) is 5.91 Å². The van der Waals surface area contributed by atoms with Gasteiger partial charge < -0.3 is 20.1 Å². The van der Waals surface area contributed by atoms with Crippen molar-refractivity contribution >= 4 is 18.3 Å². The zero-order valence-electron chi connectivity index (χ0n) is 14.3. The predicted octanol–water partition coefficient (Wildman–Crippen LogP) is 1.97. The van der Waals surface area contributed by atoms with Crippen molar-refractivity contribution < 1.29 is 14.3 Å². The molecule has 1 saturated heterocycles. The standard InChI is InChI=1S/C16H30N2O3.ClH/c1-5-18(11-12-8-7-9-21-12)14(19)16(17)10-13(20-6-2)15(16,3)4;/h12-13H,5-11,17H2,1-4H3;1H. The van der Waals surface area contributed by atoms with Crippen LogP contribution in [0.4, 0.5) is 0 Å². The van der Waals surface area contributed by atoms with Crippen LogP contribution < -0.4 is 5.73 Å². The number of carbonyl (C=O) groups is 1. The Labute approximate surface area is 140 Å². The van der Waals surface area contributed by atoms with Gasteiger partial charge in [0.05, 0.1) is 12.2 Å². The van der Waals surface area contributed by atoms with Crippen LogP contribution in [0.1, 0.15) is 47.0 Å². The zero-order valence-corrected chi connectivity index (χ0v) is 15.1. The Morgan fingerprint density at radius 3 is 2.55 bits per heavy atom. The summed E-state index contributed by atoms with van der Waals surface area (Å²) in [4.78, 5) is 14.8.